The zero-order valence-corrected chi connectivity index (χ0v) is 20.1. The van der Waals surface area contributed by atoms with Crippen LogP contribution in [0.1, 0.15) is 31.0 Å². The predicted molar refractivity (Wildman–Crippen MR) is 132 cm³/mol. The van der Waals surface area contributed by atoms with Crippen molar-refractivity contribution >= 4 is 23.8 Å². The largest absolute Gasteiger partial charge is 0.447 e. The van der Waals surface area contributed by atoms with Gasteiger partial charge in [0.15, 0.2) is 0 Å². The molecule has 3 heterocycles. The molecule has 0 aliphatic carbocycles. The second-order valence-electron chi connectivity index (χ2n) is 8.91. The van der Waals surface area contributed by atoms with E-state index in [1.807, 2.05) is 11.8 Å². The molecule has 2 N–H and O–H groups in total. The molecule has 2 aromatic rings. The van der Waals surface area contributed by atoms with Crippen LogP contribution in [0.3, 0.4) is 0 Å². The van der Waals surface area contributed by atoms with E-state index in [9.17, 15) is 14.7 Å². The third-order valence-electron chi connectivity index (χ3n) is 6.44. The summed E-state index contributed by atoms with van der Waals surface area (Å²) in [5.41, 5.74) is 2.28. The Bertz CT molecular complexity index is 1050. The maximum absolute atomic E-state index is 12.2. The number of amides is 2. The summed E-state index contributed by atoms with van der Waals surface area (Å²) in [6, 6.07) is 9.45. The number of piperazine rings is 1. The lowest BCUT2D eigenvalue weighted by Gasteiger charge is -2.34. The maximum Gasteiger partial charge on any atom is 0.416 e. The number of hydrogen-bond donors (Lipinski definition) is 2. The van der Waals surface area contributed by atoms with Crippen LogP contribution in [-0.2, 0) is 16.1 Å². The predicted octanol–water partition coefficient (Wildman–Crippen LogP) is 2.19. The SMILES string of the molecule is C=CC(=O)N1CCN(Cc2ccc([C@H](C)Nc3nccc(N4C(=O)OC[C@@H]4[C@@H](C)O)n3)cc2)CC1. The fourth-order valence-corrected chi connectivity index (χ4v) is 4.31. The van der Waals surface area contributed by atoms with Crippen LogP contribution in [-0.4, -0.2) is 81.8 Å². The number of hydrogen-bond acceptors (Lipinski definition) is 8. The van der Waals surface area contributed by atoms with E-state index in [4.69, 9.17) is 4.74 Å². The highest BCUT2D eigenvalue weighted by atomic mass is 16.6. The molecule has 10 nitrogen and oxygen atoms in total. The van der Waals surface area contributed by atoms with E-state index in [1.54, 1.807) is 19.2 Å². The van der Waals surface area contributed by atoms with Crippen molar-refractivity contribution < 1.29 is 19.4 Å². The van der Waals surface area contributed by atoms with Gasteiger partial charge < -0.3 is 20.1 Å². The number of aliphatic hydroxyl groups is 1. The number of cyclic esters (lactones) is 1. The van der Waals surface area contributed by atoms with Crippen LogP contribution in [0.4, 0.5) is 16.6 Å². The molecule has 2 saturated heterocycles. The first-order valence-electron chi connectivity index (χ1n) is 11.8. The van der Waals surface area contributed by atoms with Gasteiger partial charge in [0.25, 0.3) is 0 Å². The number of aromatic nitrogens is 2. The van der Waals surface area contributed by atoms with Gasteiger partial charge in [-0.15, -0.1) is 0 Å². The molecular formula is C25H32N6O4. The molecule has 0 spiro atoms. The normalized spacial score (nSPS) is 20.3. The first-order chi connectivity index (χ1) is 16.9. The number of carbonyl (C=O) groups excluding carboxylic acids is 2. The molecule has 0 saturated carbocycles. The molecule has 0 radical (unpaired) electrons. The zero-order chi connectivity index (χ0) is 24.9. The Kier molecular flexibility index (Phi) is 7.62. The Morgan fingerprint density at radius 3 is 2.60 bits per heavy atom. The van der Waals surface area contributed by atoms with E-state index in [2.05, 4.69) is 51.0 Å². The van der Waals surface area contributed by atoms with Crippen molar-refractivity contribution in [3.63, 3.8) is 0 Å². The molecule has 2 amide bonds. The molecule has 2 fully saturated rings. The second-order valence-corrected chi connectivity index (χ2v) is 8.91. The Hall–Kier alpha value is -3.50. The lowest BCUT2D eigenvalue weighted by molar-refractivity contribution is -0.127. The average molecular weight is 481 g/mol. The van der Waals surface area contributed by atoms with Crippen molar-refractivity contribution in [2.75, 3.05) is 43.0 Å². The molecule has 10 heteroatoms. The molecule has 1 aromatic carbocycles. The molecule has 2 aliphatic rings. The highest BCUT2D eigenvalue weighted by Gasteiger charge is 2.38. The molecule has 4 rings (SSSR count). The first kappa shape index (κ1) is 24.6. The smallest absolute Gasteiger partial charge is 0.416 e. The highest BCUT2D eigenvalue weighted by molar-refractivity contribution is 5.89. The van der Waals surface area contributed by atoms with Crippen LogP contribution in [0.15, 0.2) is 49.2 Å². The lowest BCUT2D eigenvalue weighted by atomic mass is 10.1. The second kappa shape index (κ2) is 10.8. The van der Waals surface area contributed by atoms with Crippen molar-refractivity contribution in [1.82, 2.24) is 19.8 Å². The van der Waals surface area contributed by atoms with Gasteiger partial charge in [-0.25, -0.2) is 9.78 Å². The number of rotatable bonds is 8. The summed E-state index contributed by atoms with van der Waals surface area (Å²) in [6.07, 6.45) is 1.67. The van der Waals surface area contributed by atoms with E-state index >= 15 is 0 Å². The Morgan fingerprint density at radius 2 is 1.94 bits per heavy atom. The number of nitrogens with one attached hydrogen (secondary N) is 1. The average Bonchev–Trinajstić information content (AvgIpc) is 3.26. The third-order valence-corrected chi connectivity index (χ3v) is 6.44. The Labute approximate surface area is 205 Å². The summed E-state index contributed by atoms with van der Waals surface area (Å²) in [6.45, 7) is 11.3. The molecular weight excluding hydrogens is 448 g/mol. The van der Waals surface area contributed by atoms with E-state index in [1.165, 1.54) is 16.5 Å². The number of carbonyl (C=O) groups is 2. The van der Waals surface area contributed by atoms with E-state index < -0.39 is 18.2 Å². The monoisotopic (exact) mass is 480 g/mol. The first-order valence-corrected chi connectivity index (χ1v) is 11.8. The van der Waals surface area contributed by atoms with E-state index in [0.717, 1.165) is 38.3 Å². The van der Waals surface area contributed by atoms with Crippen molar-refractivity contribution in [3.8, 4) is 0 Å². The summed E-state index contributed by atoms with van der Waals surface area (Å²) >= 11 is 0. The number of benzene rings is 1. The minimum Gasteiger partial charge on any atom is -0.447 e. The van der Waals surface area contributed by atoms with Gasteiger partial charge in [-0.05, 0) is 37.1 Å². The van der Waals surface area contributed by atoms with Gasteiger partial charge in [-0.3, -0.25) is 14.6 Å². The van der Waals surface area contributed by atoms with E-state index in [-0.39, 0.29) is 18.6 Å². The van der Waals surface area contributed by atoms with Crippen molar-refractivity contribution in [3.05, 3.63) is 60.3 Å². The summed E-state index contributed by atoms with van der Waals surface area (Å²) in [5, 5.41) is 13.3. The topological polar surface area (TPSA) is 111 Å². The van der Waals surface area contributed by atoms with Gasteiger partial charge in [-0.1, -0.05) is 30.8 Å². The van der Waals surface area contributed by atoms with Gasteiger partial charge in [0.2, 0.25) is 11.9 Å². The van der Waals surface area contributed by atoms with Crippen molar-refractivity contribution in [2.24, 2.45) is 0 Å². The number of nitrogens with zero attached hydrogens (tertiary/aromatic N) is 5. The molecule has 0 unspecified atom stereocenters. The molecule has 2 aliphatic heterocycles. The van der Waals surface area contributed by atoms with Gasteiger partial charge in [0.1, 0.15) is 18.5 Å². The lowest BCUT2D eigenvalue weighted by Crippen LogP contribution is -2.47. The number of aliphatic hydroxyl groups excluding tert-OH is 1. The van der Waals surface area contributed by atoms with Crippen LogP contribution in [0.2, 0.25) is 0 Å². The van der Waals surface area contributed by atoms with Gasteiger partial charge in [-0.2, -0.15) is 4.98 Å². The summed E-state index contributed by atoms with van der Waals surface area (Å²) in [4.78, 5) is 38.2. The van der Waals surface area contributed by atoms with Crippen LogP contribution >= 0.6 is 0 Å². The van der Waals surface area contributed by atoms with Gasteiger partial charge in [0, 0.05) is 38.9 Å². The molecule has 0 bridgehead atoms. The van der Waals surface area contributed by atoms with Crippen LogP contribution in [0, 0.1) is 0 Å². The van der Waals surface area contributed by atoms with Crippen molar-refractivity contribution in [2.45, 2.75) is 38.6 Å². The zero-order valence-electron chi connectivity index (χ0n) is 20.1. The fourth-order valence-electron chi connectivity index (χ4n) is 4.31. The molecule has 1 aromatic heterocycles. The van der Waals surface area contributed by atoms with Gasteiger partial charge in [0.05, 0.1) is 12.1 Å². The highest BCUT2D eigenvalue weighted by Crippen LogP contribution is 2.25. The Morgan fingerprint density at radius 1 is 1.23 bits per heavy atom. The number of ether oxygens (including phenoxy) is 1. The van der Waals surface area contributed by atoms with Crippen LogP contribution in [0.5, 0.6) is 0 Å². The van der Waals surface area contributed by atoms with Crippen molar-refractivity contribution in [1.29, 1.82) is 0 Å². The third kappa shape index (κ3) is 5.77. The van der Waals surface area contributed by atoms with Crippen LogP contribution < -0.4 is 10.2 Å². The quantitative estimate of drug-likeness (QED) is 0.553. The molecule has 35 heavy (non-hydrogen) atoms. The molecule has 186 valence electrons. The Balaban J connectivity index is 1.35. The summed E-state index contributed by atoms with van der Waals surface area (Å²) in [5.74, 6) is 0.761. The molecule has 3 atom stereocenters. The number of anilines is 2. The van der Waals surface area contributed by atoms with E-state index in [0.29, 0.717) is 11.8 Å². The summed E-state index contributed by atoms with van der Waals surface area (Å²) in [7, 11) is 0. The fraction of sp³-hybridized carbons (Fsp3) is 0.440. The van der Waals surface area contributed by atoms with Gasteiger partial charge >= 0.3 is 6.09 Å². The minimum absolute atomic E-state index is 0.00635. The summed E-state index contributed by atoms with van der Waals surface area (Å²) < 4.78 is 5.09. The minimum atomic E-state index is -0.747. The van der Waals surface area contributed by atoms with Crippen LogP contribution in [0.25, 0.3) is 0 Å². The standard InChI is InChI=1S/C25H32N6O4/c1-4-23(33)30-13-11-29(12-14-30)15-19-5-7-20(8-6-19)17(2)27-24-26-10-9-22(28-24)31-21(18(3)32)16-35-25(31)34/h4-10,17-18,21,32H,1,11-16H2,2-3H3,(H,26,27,28)/t17-,18+,21+/m0/s1. The maximum atomic E-state index is 12.2.